The molecule has 1 fully saturated rings. The topological polar surface area (TPSA) is 67.2 Å². The molecule has 9 heteroatoms. The first kappa shape index (κ1) is 23.0. The minimum absolute atomic E-state index is 0.0603. The van der Waals surface area contributed by atoms with Crippen molar-refractivity contribution in [2.24, 2.45) is 0 Å². The van der Waals surface area contributed by atoms with Gasteiger partial charge in [0.1, 0.15) is 0 Å². The summed E-state index contributed by atoms with van der Waals surface area (Å²) in [5, 5.41) is 6.97. The summed E-state index contributed by atoms with van der Waals surface area (Å²) < 4.78 is 40.4. The SMILES string of the molecule is CCCCN1CCC(NC(=O)c2nn(-c3cccc(C(F)(F)F)c3)c(C)cc2=O)CC1. The highest BCUT2D eigenvalue weighted by atomic mass is 19.4. The van der Waals surface area contributed by atoms with Crippen LogP contribution >= 0.6 is 0 Å². The zero-order chi connectivity index (χ0) is 22.6. The summed E-state index contributed by atoms with van der Waals surface area (Å²) in [6.07, 6.45) is -0.672. The van der Waals surface area contributed by atoms with E-state index in [-0.39, 0.29) is 17.4 Å². The maximum absolute atomic E-state index is 13.1. The third-order valence-corrected chi connectivity index (χ3v) is 5.49. The van der Waals surface area contributed by atoms with Crippen LogP contribution < -0.4 is 10.7 Å². The molecule has 0 unspecified atom stereocenters. The van der Waals surface area contributed by atoms with E-state index in [4.69, 9.17) is 0 Å². The van der Waals surface area contributed by atoms with Crippen LogP contribution in [-0.2, 0) is 6.18 Å². The number of halogens is 3. The number of hydrogen-bond acceptors (Lipinski definition) is 4. The number of amides is 1. The highest BCUT2D eigenvalue weighted by Crippen LogP contribution is 2.30. The minimum atomic E-state index is -4.50. The number of aromatic nitrogens is 2. The van der Waals surface area contributed by atoms with Crippen LogP contribution in [0.25, 0.3) is 5.69 Å². The van der Waals surface area contributed by atoms with Crippen LogP contribution in [-0.4, -0.2) is 46.3 Å². The molecule has 0 saturated carbocycles. The Morgan fingerprint density at radius 1 is 1.23 bits per heavy atom. The molecule has 1 aliphatic rings. The van der Waals surface area contributed by atoms with E-state index in [0.717, 1.165) is 57.5 Å². The monoisotopic (exact) mass is 436 g/mol. The molecule has 1 N–H and O–H groups in total. The molecule has 0 atom stereocenters. The van der Waals surface area contributed by atoms with E-state index < -0.39 is 23.1 Å². The highest BCUT2D eigenvalue weighted by Gasteiger charge is 2.31. The Hall–Kier alpha value is -2.68. The lowest BCUT2D eigenvalue weighted by atomic mass is 10.0. The van der Waals surface area contributed by atoms with Gasteiger partial charge in [0, 0.05) is 30.9 Å². The van der Waals surface area contributed by atoms with E-state index >= 15 is 0 Å². The molecule has 1 amide bonds. The Labute approximate surface area is 179 Å². The molecule has 0 spiro atoms. The van der Waals surface area contributed by atoms with E-state index in [0.29, 0.717) is 5.69 Å². The molecular formula is C22H27F3N4O2. The summed E-state index contributed by atoms with van der Waals surface area (Å²) in [5.74, 6) is -0.599. The fourth-order valence-corrected chi connectivity index (χ4v) is 3.72. The van der Waals surface area contributed by atoms with E-state index in [1.54, 1.807) is 6.92 Å². The van der Waals surface area contributed by atoms with Gasteiger partial charge in [0.15, 0.2) is 5.69 Å². The molecule has 168 valence electrons. The number of unbranched alkanes of at least 4 members (excludes halogenated alkanes) is 1. The molecule has 1 aliphatic heterocycles. The number of rotatable bonds is 6. The summed E-state index contributed by atoms with van der Waals surface area (Å²) >= 11 is 0. The average Bonchev–Trinajstić information content (AvgIpc) is 2.72. The molecule has 1 aromatic heterocycles. The lowest BCUT2D eigenvalue weighted by Gasteiger charge is -2.32. The normalized spacial score (nSPS) is 15.8. The molecule has 1 saturated heterocycles. The number of hydrogen-bond donors (Lipinski definition) is 1. The molecular weight excluding hydrogens is 409 g/mol. The van der Waals surface area contributed by atoms with Gasteiger partial charge in [-0.15, -0.1) is 0 Å². The third-order valence-electron chi connectivity index (χ3n) is 5.49. The first-order valence-corrected chi connectivity index (χ1v) is 10.5. The summed E-state index contributed by atoms with van der Waals surface area (Å²) in [6, 6.07) is 5.78. The van der Waals surface area contributed by atoms with Crippen molar-refractivity contribution in [3.05, 3.63) is 57.5 Å². The summed E-state index contributed by atoms with van der Waals surface area (Å²) in [4.78, 5) is 27.5. The second-order valence-corrected chi connectivity index (χ2v) is 7.90. The first-order chi connectivity index (χ1) is 14.7. The molecule has 0 aliphatic carbocycles. The largest absolute Gasteiger partial charge is 0.416 e. The Bertz CT molecular complexity index is 979. The number of carbonyl (C=O) groups is 1. The molecule has 31 heavy (non-hydrogen) atoms. The van der Waals surface area contributed by atoms with E-state index in [1.165, 1.54) is 22.9 Å². The molecule has 2 heterocycles. The van der Waals surface area contributed by atoms with E-state index in [2.05, 4.69) is 22.2 Å². The van der Waals surface area contributed by atoms with Gasteiger partial charge in [0.05, 0.1) is 11.3 Å². The lowest BCUT2D eigenvalue weighted by Crippen LogP contribution is -2.46. The maximum atomic E-state index is 13.1. The number of aryl methyl sites for hydroxylation is 1. The second kappa shape index (κ2) is 9.64. The number of nitrogens with one attached hydrogen (secondary N) is 1. The predicted molar refractivity (Wildman–Crippen MR) is 111 cm³/mol. The summed E-state index contributed by atoms with van der Waals surface area (Å²) in [6.45, 7) is 6.50. The Kier molecular flexibility index (Phi) is 7.15. The van der Waals surface area contributed by atoms with Crippen molar-refractivity contribution in [1.82, 2.24) is 20.0 Å². The van der Waals surface area contributed by atoms with Crippen LogP contribution in [0.15, 0.2) is 35.1 Å². The van der Waals surface area contributed by atoms with Gasteiger partial charge < -0.3 is 10.2 Å². The molecule has 2 aromatic rings. The first-order valence-electron chi connectivity index (χ1n) is 10.5. The highest BCUT2D eigenvalue weighted by molar-refractivity contribution is 5.92. The van der Waals surface area contributed by atoms with Crippen LogP contribution in [0.3, 0.4) is 0 Å². The molecule has 3 rings (SSSR count). The Morgan fingerprint density at radius 3 is 2.58 bits per heavy atom. The van der Waals surface area contributed by atoms with Crippen molar-refractivity contribution in [2.45, 2.75) is 51.7 Å². The smallest absolute Gasteiger partial charge is 0.348 e. The number of alkyl halides is 3. The van der Waals surface area contributed by atoms with Crippen molar-refractivity contribution >= 4 is 5.91 Å². The van der Waals surface area contributed by atoms with Crippen molar-refractivity contribution in [3.63, 3.8) is 0 Å². The van der Waals surface area contributed by atoms with Crippen molar-refractivity contribution in [1.29, 1.82) is 0 Å². The number of benzene rings is 1. The standard InChI is InChI=1S/C22H27F3N4O2/c1-3-4-10-28-11-8-17(9-12-28)26-21(31)20-19(30)13-15(2)29(27-20)18-7-5-6-16(14-18)22(23,24)25/h5-7,13-14,17H,3-4,8-12H2,1-2H3,(H,26,31). The van der Waals surface area contributed by atoms with Crippen molar-refractivity contribution in [3.8, 4) is 5.69 Å². The predicted octanol–water partition coefficient (Wildman–Crippen LogP) is 3.55. The molecule has 0 bridgehead atoms. The van der Waals surface area contributed by atoms with Crippen LogP contribution in [0.1, 0.15) is 54.4 Å². The van der Waals surface area contributed by atoms with Crippen LogP contribution in [0.2, 0.25) is 0 Å². The van der Waals surface area contributed by atoms with Gasteiger partial charge >= 0.3 is 6.18 Å². The fourth-order valence-electron chi connectivity index (χ4n) is 3.72. The minimum Gasteiger partial charge on any atom is -0.348 e. The fraction of sp³-hybridized carbons (Fsp3) is 0.500. The van der Waals surface area contributed by atoms with Gasteiger partial charge in [-0.05, 0) is 50.9 Å². The van der Waals surface area contributed by atoms with Crippen LogP contribution in [0, 0.1) is 6.92 Å². The van der Waals surface area contributed by atoms with Crippen LogP contribution in [0.4, 0.5) is 13.2 Å². The van der Waals surface area contributed by atoms with Gasteiger partial charge in [-0.2, -0.15) is 18.3 Å². The molecule has 0 radical (unpaired) electrons. The Morgan fingerprint density at radius 2 is 1.94 bits per heavy atom. The quantitative estimate of drug-likeness (QED) is 0.752. The lowest BCUT2D eigenvalue weighted by molar-refractivity contribution is -0.137. The van der Waals surface area contributed by atoms with Gasteiger partial charge in [-0.25, -0.2) is 4.68 Å². The zero-order valence-electron chi connectivity index (χ0n) is 17.7. The number of carbonyl (C=O) groups excluding carboxylic acids is 1. The van der Waals surface area contributed by atoms with E-state index in [1.807, 2.05) is 0 Å². The van der Waals surface area contributed by atoms with Crippen molar-refractivity contribution in [2.75, 3.05) is 19.6 Å². The number of likely N-dealkylation sites (tertiary alicyclic amines) is 1. The average molecular weight is 436 g/mol. The van der Waals surface area contributed by atoms with Gasteiger partial charge in [0.2, 0.25) is 5.43 Å². The Balaban J connectivity index is 1.77. The van der Waals surface area contributed by atoms with Gasteiger partial charge in [0.25, 0.3) is 5.91 Å². The number of nitrogens with zero attached hydrogens (tertiary/aromatic N) is 3. The number of piperidine rings is 1. The van der Waals surface area contributed by atoms with E-state index in [9.17, 15) is 22.8 Å². The van der Waals surface area contributed by atoms with Gasteiger partial charge in [-0.3, -0.25) is 9.59 Å². The summed E-state index contributed by atoms with van der Waals surface area (Å²) in [7, 11) is 0. The zero-order valence-corrected chi connectivity index (χ0v) is 17.7. The molecule has 1 aromatic carbocycles. The summed E-state index contributed by atoms with van der Waals surface area (Å²) in [5.41, 5.74) is -1.24. The maximum Gasteiger partial charge on any atom is 0.416 e. The third kappa shape index (κ3) is 5.72. The second-order valence-electron chi connectivity index (χ2n) is 7.90. The van der Waals surface area contributed by atoms with Gasteiger partial charge in [-0.1, -0.05) is 19.4 Å². The molecule has 6 nitrogen and oxygen atoms in total. The van der Waals surface area contributed by atoms with Crippen LogP contribution in [0.5, 0.6) is 0 Å². The van der Waals surface area contributed by atoms with Crippen molar-refractivity contribution < 1.29 is 18.0 Å².